The lowest BCUT2D eigenvalue weighted by molar-refractivity contribution is 0.116. The van der Waals surface area contributed by atoms with Crippen LogP contribution in [0.2, 0.25) is 0 Å². The van der Waals surface area contributed by atoms with E-state index in [-0.39, 0.29) is 11.9 Å². The van der Waals surface area contributed by atoms with Crippen molar-refractivity contribution in [2.24, 2.45) is 5.92 Å². The predicted octanol–water partition coefficient (Wildman–Crippen LogP) is 3.21. The molecule has 3 unspecified atom stereocenters. The van der Waals surface area contributed by atoms with Gasteiger partial charge < -0.3 is 10.2 Å². The van der Waals surface area contributed by atoms with E-state index in [0.29, 0.717) is 18.0 Å². The Morgan fingerprint density at radius 2 is 1.89 bits per heavy atom. The lowest BCUT2D eigenvalue weighted by atomic mass is 9.89. The van der Waals surface area contributed by atoms with Crippen molar-refractivity contribution < 1.29 is 4.39 Å². The average Bonchev–Trinajstić information content (AvgIpc) is 2.36. The van der Waals surface area contributed by atoms with Crippen LogP contribution in [0, 0.1) is 11.7 Å². The molecule has 3 heteroatoms. The second kappa shape index (κ2) is 6.02. The maximum atomic E-state index is 12.9. The molecule has 1 aromatic rings. The van der Waals surface area contributed by atoms with E-state index >= 15 is 0 Å². The molecule has 0 spiro atoms. The van der Waals surface area contributed by atoms with Gasteiger partial charge in [-0.2, -0.15) is 0 Å². The predicted molar refractivity (Wildman–Crippen MR) is 77.6 cm³/mol. The summed E-state index contributed by atoms with van der Waals surface area (Å²) in [6, 6.07) is 8.23. The number of piperidine rings is 1. The van der Waals surface area contributed by atoms with Crippen molar-refractivity contribution in [3.63, 3.8) is 0 Å². The van der Waals surface area contributed by atoms with Crippen LogP contribution >= 0.6 is 0 Å². The average molecular weight is 264 g/mol. The summed E-state index contributed by atoms with van der Waals surface area (Å²) in [5.74, 6) is 0.473. The number of likely N-dealkylation sites (tertiary alicyclic amines) is 1. The minimum absolute atomic E-state index is 0.169. The minimum Gasteiger partial charge on any atom is -0.307 e. The van der Waals surface area contributed by atoms with Crippen molar-refractivity contribution in [2.45, 2.75) is 45.3 Å². The molecule has 0 aliphatic carbocycles. The Morgan fingerprint density at radius 3 is 2.53 bits per heavy atom. The number of hydrogen-bond acceptors (Lipinski definition) is 2. The smallest absolute Gasteiger partial charge is 0.123 e. The highest BCUT2D eigenvalue weighted by molar-refractivity contribution is 5.19. The van der Waals surface area contributed by atoms with Crippen molar-refractivity contribution in [2.75, 3.05) is 13.6 Å². The van der Waals surface area contributed by atoms with Crippen LogP contribution in [-0.4, -0.2) is 30.6 Å². The first-order valence-corrected chi connectivity index (χ1v) is 7.19. The number of hydrogen-bond donors (Lipinski definition) is 1. The largest absolute Gasteiger partial charge is 0.307 e. The third-order valence-electron chi connectivity index (χ3n) is 4.44. The number of benzene rings is 1. The zero-order valence-electron chi connectivity index (χ0n) is 12.4. The Labute approximate surface area is 116 Å². The van der Waals surface area contributed by atoms with E-state index in [0.717, 1.165) is 12.1 Å². The SMILES string of the molecule is CC1CN(C)C(C)CC1N[C@H](C)c1ccc(F)cc1. The summed E-state index contributed by atoms with van der Waals surface area (Å²) in [5.41, 5.74) is 1.15. The molecule has 1 aliphatic rings. The van der Waals surface area contributed by atoms with Gasteiger partial charge in [0.05, 0.1) is 0 Å². The van der Waals surface area contributed by atoms with E-state index < -0.39 is 0 Å². The second-order valence-electron chi connectivity index (χ2n) is 6.05. The summed E-state index contributed by atoms with van der Waals surface area (Å²) in [7, 11) is 2.20. The lowest BCUT2D eigenvalue weighted by Crippen LogP contribution is -2.51. The van der Waals surface area contributed by atoms with E-state index in [2.05, 4.69) is 38.0 Å². The summed E-state index contributed by atoms with van der Waals surface area (Å²) in [6.07, 6.45) is 1.17. The Hall–Kier alpha value is -0.930. The molecule has 2 nitrogen and oxygen atoms in total. The third-order valence-corrected chi connectivity index (χ3v) is 4.44. The van der Waals surface area contributed by atoms with E-state index in [1.54, 1.807) is 0 Å². The van der Waals surface area contributed by atoms with Gasteiger partial charge in [0.1, 0.15) is 5.82 Å². The molecule has 0 saturated carbocycles. The second-order valence-corrected chi connectivity index (χ2v) is 6.05. The van der Waals surface area contributed by atoms with Gasteiger partial charge in [-0.15, -0.1) is 0 Å². The van der Waals surface area contributed by atoms with Crippen LogP contribution in [0.3, 0.4) is 0 Å². The Bertz CT molecular complexity index is 404. The Balaban J connectivity index is 1.98. The normalized spacial score (nSPS) is 30.3. The van der Waals surface area contributed by atoms with E-state index in [1.165, 1.54) is 18.6 Å². The molecule has 1 aliphatic heterocycles. The van der Waals surface area contributed by atoms with E-state index in [4.69, 9.17) is 0 Å². The molecule has 1 saturated heterocycles. The van der Waals surface area contributed by atoms with Crippen LogP contribution in [0.4, 0.5) is 4.39 Å². The first-order valence-electron chi connectivity index (χ1n) is 7.19. The highest BCUT2D eigenvalue weighted by Crippen LogP contribution is 2.24. The third kappa shape index (κ3) is 3.54. The molecule has 2 rings (SSSR count). The van der Waals surface area contributed by atoms with Gasteiger partial charge in [0.25, 0.3) is 0 Å². The zero-order valence-corrected chi connectivity index (χ0v) is 12.4. The molecule has 0 radical (unpaired) electrons. The van der Waals surface area contributed by atoms with E-state index in [1.807, 2.05) is 12.1 Å². The Morgan fingerprint density at radius 1 is 1.26 bits per heavy atom. The van der Waals surface area contributed by atoms with Crippen LogP contribution < -0.4 is 5.32 Å². The van der Waals surface area contributed by atoms with Crippen LogP contribution in [0.1, 0.15) is 38.8 Å². The molecular formula is C16H25FN2. The van der Waals surface area contributed by atoms with Crippen molar-refractivity contribution in [1.82, 2.24) is 10.2 Å². The molecule has 0 bridgehead atoms. The fraction of sp³-hybridized carbons (Fsp3) is 0.625. The Kier molecular flexibility index (Phi) is 4.58. The number of nitrogens with zero attached hydrogens (tertiary/aromatic N) is 1. The maximum Gasteiger partial charge on any atom is 0.123 e. The van der Waals surface area contributed by atoms with Crippen molar-refractivity contribution in [1.29, 1.82) is 0 Å². The molecule has 1 aromatic carbocycles. The number of nitrogens with one attached hydrogen (secondary N) is 1. The van der Waals surface area contributed by atoms with Gasteiger partial charge in [-0.3, -0.25) is 0 Å². The van der Waals surface area contributed by atoms with Crippen LogP contribution in [-0.2, 0) is 0 Å². The summed E-state index contributed by atoms with van der Waals surface area (Å²) < 4.78 is 12.9. The van der Waals surface area contributed by atoms with Crippen LogP contribution in [0.25, 0.3) is 0 Å². The molecule has 1 fully saturated rings. The molecule has 106 valence electrons. The van der Waals surface area contributed by atoms with E-state index in [9.17, 15) is 4.39 Å². The van der Waals surface area contributed by atoms with Gasteiger partial charge >= 0.3 is 0 Å². The number of halogens is 1. The van der Waals surface area contributed by atoms with Gasteiger partial charge in [-0.1, -0.05) is 19.1 Å². The van der Waals surface area contributed by atoms with Gasteiger partial charge in [-0.05, 0) is 50.9 Å². The van der Waals surface area contributed by atoms with Gasteiger partial charge in [0, 0.05) is 24.7 Å². The first kappa shape index (κ1) is 14.5. The fourth-order valence-electron chi connectivity index (χ4n) is 2.94. The topological polar surface area (TPSA) is 15.3 Å². The lowest BCUT2D eigenvalue weighted by Gasteiger charge is -2.41. The highest BCUT2D eigenvalue weighted by Gasteiger charge is 2.29. The van der Waals surface area contributed by atoms with Crippen LogP contribution in [0.15, 0.2) is 24.3 Å². The van der Waals surface area contributed by atoms with Crippen molar-refractivity contribution >= 4 is 0 Å². The van der Waals surface area contributed by atoms with Crippen LogP contribution in [0.5, 0.6) is 0 Å². The molecule has 4 atom stereocenters. The summed E-state index contributed by atoms with van der Waals surface area (Å²) in [6.45, 7) is 7.87. The highest BCUT2D eigenvalue weighted by atomic mass is 19.1. The number of rotatable bonds is 3. The molecule has 0 amide bonds. The van der Waals surface area contributed by atoms with Gasteiger partial charge in [0.15, 0.2) is 0 Å². The first-order chi connectivity index (χ1) is 8.97. The summed E-state index contributed by atoms with van der Waals surface area (Å²) in [4.78, 5) is 2.42. The molecule has 19 heavy (non-hydrogen) atoms. The summed E-state index contributed by atoms with van der Waals surface area (Å²) in [5, 5.41) is 3.71. The van der Waals surface area contributed by atoms with Crippen molar-refractivity contribution in [3.05, 3.63) is 35.6 Å². The quantitative estimate of drug-likeness (QED) is 0.902. The monoisotopic (exact) mass is 264 g/mol. The van der Waals surface area contributed by atoms with Crippen molar-refractivity contribution in [3.8, 4) is 0 Å². The standard InChI is InChI=1S/C16H25FN2/c1-11-10-19(4)12(2)9-16(11)18-13(3)14-5-7-15(17)8-6-14/h5-8,11-13,16,18H,9-10H2,1-4H3/t11?,12?,13-,16?/m1/s1. The maximum absolute atomic E-state index is 12.9. The molecular weight excluding hydrogens is 239 g/mol. The zero-order chi connectivity index (χ0) is 14.0. The van der Waals surface area contributed by atoms with Gasteiger partial charge in [0.2, 0.25) is 0 Å². The fourth-order valence-corrected chi connectivity index (χ4v) is 2.94. The molecule has 1 N–H and O–H groups in total. The molecule has 0 aromatic heterocycles. The summed E-state index contributed by atoms with van der Waals surface area (Å²) >= 11 is 0. The molecule has 1 heterocycles. The minimum atomic E-state index is -0.169. The van der Waals surface area contributed by atoms with Gasteiger partial charge in [-0.25, -0.2) is 4.39 Å².